The van der Waals surface area contributed by atoms with Crippen molar-refractivity contribution in [2.45, 2.75) is 19.4 Å². The number of benzene rings is 2. The van der Waals surface area contributed by atoms with Crippen LogP contribution in [0.2, 0.25) is 0 Å². The molecule has 0 aliphatic carbocycles. The van der Waals surface area contributed by atoms with E-state index in [0.29, 0.717) is 17.1 Å². The molecule has 1 aromatic heterocycles. The Kier molecular flexibility index (Phi) is 6.03. The molecular weight excluding hydrogens is 362 g/mol. The molecule has 0 saturated carbocycles. The van der Waals surface area contributed by atoms with Crippen molar-refractivity contribution in [1.29, 1.82) is 0 Å². The number of nitrogens with zero attached hydrogens (tertiary/aromatic N) is 3. The predicted octanol–water partition coefficient (Wildman–Crippen LogP) is 2.62. The number of nitrogen functional groups attached to an aromatic ring is 1. The number of aryl methyl sites for hydroxylation is 2. The maximum Gasteiger partial charge on any atom is 0.149 e. The van der Waals surface area contributed by atoms with Gasteiger partial charge in [-0.1, -0.05) is 36.4 Å². The van der Waals surface area contributed by atoms with E-state index >= 15 is 0 Å². The van der Waals surface area contributed by atoms with Gasteiger partial charge >= 0.3 is 0 Å². The van der Waals surface area contributed by atoms with Crippen molar-refractivity contribution in [1.82, 2.24) is 20.4 Å². The van der Waals surface area contributed by atoms with Gasteiger partial charge in [0.15, 0.2) is 0 Å². The highest BCUT2D eigenvalue weighted by Gasteiger charge is 2.11. The summed E-state index contributed by atoms with van der Waals surface area (Å²) in [5, 5.41) is 21.7. The number of nitrogens with one attached hydrogen (secondary N) is 1. The zero-order chi connectivity index (χ0) is 20.1. The summed E-state index contributed by atoms with van der Waals surface area (Å²) in [4.78, 5) is 2.48. The normalized spacial score (nSPS) is 14.8. The van der Waals surface area contributed by atoms with Crippen LogP contribution in [0.15, 0.2) is 54.6 Å². The van der Waals surface area contributed by atoms with Crippen molar-refractivity contribution in [2.24, 2.45) is 0 Å². The molecule has 1 aliphatic heterocycles. The van der Waals surface area contributed by atoms with E-state index in [1.165, 1.54) is 11.1 Å². The first kappa shape index (κ1) is 19.4. The molecule has 0 atom stereocenters. The van der Waals surface area contributed by atoms with Gasteiger partial charge < -0.3 is 16.2 Å². The van der Waals surface area contributed by atoms with E-state index in [9.17, 15) is 5.11 Å². The van der Waals surface area contributed by atoms with Gasteiger partial charge in [0.1, 0.15) is 11.6 Å². The zero-order valence-electron chi connectivity index (χ0n) is 16.5. The lowest BCUT2D eigenvalue weighted by molar-refractivity contribution is 0.233. The number of phenolic OH excluding ortho intramolecular Hbond substituents is 1. The number of para-hydroxylation sites is 1. The molecule has 0 spiro atoms. The summed E-state index contributed by atoms with van der Waals surface area (Å²) < 4.78 is 0. The van der Waals surface area contributed by atoms with E-state index < -0.39 is 0 Å². The SMILES string of the molecule is Nc1nnc(-c2ccccc2O)cc1CCc1ccc(CN2CCNCC2)cc1. The van der Waals surface area contributed by atoms with Gasteiger partial charge in [0.2, 0.25) is 0 Å². The molecule has 6 nitrogen and oxygen atoms in total. The summed E-state index contributed by atoms with van der Waals surface area (Å²) in [6.45, 7) is 5.36. The minimum Gasteiger partial charge on any atom is -0.507 e. The Morgan fingerprint density at radius 2 is 1.66 bits per heavy atom. The summed E-state index contributed by atoms with van der Waals surface area (Å²) in [5.74, 6) is 0.636. The van der Waals surface area contributed by atoms with Crippen LogP contribution in [-0.4, -0.2) is 46.4 Å². The summed E-state index contributed by atoms with van der Waals surface area (Å²) in [5.41, 5.74) is 10.9. The average Bonchev–Trinajstić information content (AvgIpc) is 2.75. The van der Waals surface area contributed by atoms with Crippen LogP contribution in [0.25, 0.3) is 11.3 Å². The molecule has 3 aromatic rings. The lowest BCUT2D eigenvalue weighted by Crippen LogP contribution is -2.42. The van der Waals surface area contributed by atoms with Gasteiger partial charge in [-0.25, -0.2) is 0 Å². The van der Waals surface area contributed by atoms with E-state index in [0.717, 1.165) is 51.1 Å². The number of nitrogens with two attached hydrogens (primary N) is 1. The molecule has 1 aliphatic rings. The largest absolute Gasteiger partial charge is 0.507 e. The summed E-state index contributed by atoms with van der Waals surface area (Å²) in [6, 6.07) is 17.9. The van der Waals surface area contributed by atoms with Crippen LogP contribution in [0, 0.1) is 0 Å². The van der Waals surface area contributed by atoms with Gasteiger partial charge in [0.05, 0.1) is 5.69 Å². The van der Waals surface area contributed by atoms with Crippen molar-refractivity contribution in [2.75, 3.05) is 31.9 Å². The smallest absolute Gasteiger partial charge is 0.149 e. The van der Waals surface area contributed by atoms with E-state index in [4.69, 9.17) is 5.73 Å². The van der Waals surface area contributed by atoms with Crippen LogP contribution in [0.5, 0.6) is 5.75 Å². The average molecular weight is 390 g/mol. The maximum absolute atomic E-state index is 10.1. The van der Waals surface area contributed by atoms with Gasteiger partial charge in [-0.15, -0.1) is 10.2 Å². The first-order valence-electron chi connectivity index (χ1n) is 10.1. The Balaban J connectivity index is 1.41. The molecule has 4 rings (SSSR count). The fourth-order valence-corrected chi connectivity index (χ4v) is 3.68. The van der Waals surface area contributed by atoms with Crippen LogP contribution < -0.4 is 11.1 Å². The Labute approximate surface area is 171 Å². The molecular formula is C23H27N5O. The van der Waals surface area contributed by atoms with Crippen molar-refractivity contribution in [3.05, 3.63) is 71.3 Å². The van der Waals surface area contributed by atoms with Gasteiger partial charge in [0, 0.05) is 38.3 Å². The van der Waals surface area contributed by atoms with E-state index in [-0.39, 0.29) is 5.75 Å². The fraction of sp³-hybridized carbons (Fsp3) is 0.304. The Hall–Kier alpha value is -2.96. The lowest BCUT2D eigenvalue weighted by Gasteiger charge is -2.27. The molecule has 2 aromatic carbocycles. The second-order valence-electron chi connectivity index (χ2n) is 7.50. The van der Waals surface area contributed by atoms with Crippen LogP contribution in [0.3, 0.4) is 0 Å². The third kappa shape index (κ3) is 4.91. The van der Waals surface area contributed by atoms with Crippen LogP contribution in [0.4, 0.5) is 5.82 Å². The summed E-state index contributed by atoms with van der Waals surface area (Å²) in [6.07, 6.45) is 1.66. The zero-order valence-corrected chi connectivity index (χ0v) is 16.5. The van der Waals surface area contributed by atoms with Gasteiger partial charge in [-0.3, -0.25) is 4.90 Å². The standard InChI is InChI=1S/C23H27N5O/c24-23-19(15-21(26-27-23)20-3-1-2-4-22(20)29)10-9-17-5-7-18(8-6-17)16-28-13-11-25-12-14-28/h1-8,15,25,29H,9-14,16H2,(H2,24,27). The number of aromatic hydroxyl groups is 1. The number of phenols is 1. The van der Waals surface area contributed by atoms with Crippen LogP contribution in [0.1, 0.15) is 16.7 Å². The second kappa shape index (κ2) is 9.03. The predicted molar refractivity (Wildman–Crippen MR) is 116 cm³/mol. The van der Waals surface area contributed by atoms with E-state index in [1.54, 1.807) is 12.1 Å². The first-order valence-corrected chi connectivity index (χ1v) is 10.1. The lowest BCUT2D eigenvalue weighted by atomic mass is 10.0. The molecule has 6 heteroatoms. The van der Waals surface area contributed by atoms with Crippen molar-refractivity contribution >= 4 is 5.82 Å². The number of anilines is 1. The van der Waals surface area contributed by atoms with Gasteiger partial charge in [-0.05, 0) is 47.7 Å². The molecule has 150 valence electrons. The molecule has 1 saturated heterocycles. The Morgan fingerprint density at radius 1 is 0.931 bits per heavy atom. The fourth-order valence-electron chi connectivity index (χ4n) is 3.68. The van der Waals surface area contributed by atoms with Crippen molar-refractivity contribution in [3.8, 4) is 17.0 Å². The van der Waals surface area contributed by atoms with Crippen LogP contribution >= 0.6 is 0 Å². The highest BCUT2D eigenvalue weighted by atomic mass is 16.3. The second-order valence-corrected chi connectivity index (χ2v) is 7.50. The van der Waals surface area contributed by atoms with Crippen molar-refractivity contribution < 1.29 is 5.11 Å². The quantitative estimate of drug-likeness (QED) is 0.601. The third-order valence-corrected chi connectivity index (χ3v) is 5.41. The molecule has 0 bridgehead atoms. The topological polar surface area (TPSA) is 87.3 Å². The number of hydrogen-bond donors (Lipinski definition) is 3. The summed E-state index contributed by atoms with van der Waals surface area (Å²) in [7, 11) is 0. The summed E-state index contributed by atoms with van der Waals surface area (Å²) >= 11 is 0. The van der Waals surface area contributed by atoms with Crippen LogP contribution in [-0.2, 0) is 19.4 Å². The monoisotopic (exact) mass is 389 g/mol. The first-order chi connectivity index (χ1) is 14.2. The molecule has 1 fully saturated rings. The minimum absolute atomic E-state index is 0.192. The van der Waals surface area contributed by atoms with Crippen molar-refractivity contribution in [3.63, 3.8) is 0 Å². The molecule has 0 unspecified atom stereocenters. The molecule has 2 heterocycles. The Morgan fingerprint density at radius 3 is 2.41 bits per heavy atom. The number of hydrogen-bond acceptors (Lipinski definition) is 6. The highest BCUT2D eigenvalue weighted by molar-refractivity contribution is 5.67. The Bertz CT molecular complexity index is 952. The molecule has 4 N–H and O–H groups in total. The molecule has 0 radical (unpaired) electrons. The molecule has 29 heavy (non-hydrogen) atoms. The van der Waals surface area contributed by atoms with E-state index in [1.807, 2.05) is 18.2 Å². The number of rotatable bonds is 6. The van der Waals surface area contributed by atoms with E-state index in [2.05, 4.69) is 44.7 Å². The number of piperazine rings is 1. The number of aromatic nitrogens is 2. The van der Waals surface area contributed by atoms with Gasteiger partial charge in [0.25, 0.3) is 0 Å². The minimum atomic E-state index is 0.192. The molecule has 0 amide bonds. The third-order valence-electron chi connectivity index (χ3n) is 5.41. The maximum atomic E-state index is 10.1. The van der Waals surface area contributed by atoms with Gasteiger partial charge in [-0.2, -0.15) is 0 Å². The highest BCUT2D eigenvalue weighted by Crippen LogP contribution is 2.28.